The number of hydrogen-bond donors (Lipinski definition) is 2. The minimum absolute atomic E-state index is 0.710. The van der Waals surface area contributed by atoms with Gasteiger partial charge in [0.05, 0.1) is 6.54 Å². The van der Waals surface area contributed by atoms with Crippen LogP contribution in [0.5, 0.6) is 0 Å². The Kier molecular flexibility index (Phi) is 5.78. The lowest BCUT2D eigenvalue weighted by Gasteiger charge is -2.08. The van der Waals surface area contributed by atoms with Crippen molar-refractivity contribution in [2.45, 2.75) is 33.2 Å². The largest absolute Gasteiger partial charge is 0.370 e. The molecule has 0 saturated heterocycles. The van der Waals surface area contributed by atoms with Crippen LogP contribution in [0.25, 0.3) is 0 Å². The van der Waals surface area contributed by atoms with E-state index in [-0.39, 0.29) is 0 Å². The summed E-state index contributed by atoms with van der Waals surface area (Å²) in [6.07, 6.45) is 4.23. The van der Waals surface area contributed by atoms with Crippen molar-refractivity contribution in [3.05, 3.63) is 18.1 Å². The Morgan fingerprint density at radius 3 is 2.88 bits per heavy atom. The summed E-state index contributed by atoms with van der Waals surface area (Å²) in [5, 5.41) is 6.36. The molecule has 1 heterocycles. The van der Waals surface area contributed by atoms with Gasteiger partial charge in [0.15, 0.2) is 0 Å². The zero-order valence-corrected chi connectivity index (χ0v) is 10.5. The summed E-state index contributed by atoms with van der Waals surface area (Å²) in [6.45, 7) is 6.18. The summed E-state index contributed by atoms with van der Waals surface area (Å²) in [5.74, 6) is 2.52. The van der Waals surface area contributed by atoms with Crippen molar-refractivity contribution in [2.24, 2.45) is 5.92 Å². The molecule has 0 radical (unpaired) electrons. The molecule has 1 aromatic heterocycles. The van der Waals surface area contributed by atoms with Crippen molar-refractivity contribution in [1.82, 2.24) is 15.3 Å². The fraction of sp³-hybridized carbons (Fsp3) is 0.667. The highest BCUT2D eigenvalue weighted by Gasteiger charge is 1.98. The Morgan fingerprint density at radius 2 is 2.19 bits per heavy atom. The monoisotopic (exact) mass is 222 g/mol. The molecule has 4 nitrogen and oxygen atoms in total. The highest BCUT2D eigenvalue weighted by molar-refractivity contribution is 5.32. The first-order valence-corrected chi connectivity index (χ1v) is 5.92. The maximum atomic E-state index is 4.39. The van der Waals surface area contributed by atoms with Crippen molar-refractivity contribution in [2.75, 3.05) is 18.9 Å². The highest BCUT2D eigenvalue weighted by atomic mass is 15.0. The number of anilines is 1. The summed E-state index contributed by atoms with van der Waals surface area (Å²) >= 11 is 0. The maximum absolute atomic E-state index is 4.39. The van der Waals surface area contributed by atoms with Crippen LogP contribution in [-0.2, 0) is 6.54 Å². The molecular formula is C12H22N4. The molecule has 1 aromatic rings. The molecule has 0 aliphatic heterocycles. The van der Waals surface area contributed by atoms with Crippen LogP contribution in [0.15, 0.2) is 12.3 Å². The molecule has 0 bridgehead atoms. The zero-order chi connectivity index (χ0) is 11.8. The molecule has 0 amide bonds. The minimum Gasteiger partial charge on any atom is -0.370 e. The van der Waals surface area contributed by atoms with E-state index in [1.165, 1.54) is 12.8 Å². The van der Waals surface area contributed by atoms with Crippen molar-refractivity contribution in [3.8, 4) is 0 Å². The molecule has 2 N–H and O–H groups in total. The normalized spacial score (nSPS) is 10.8. The number of rotatable bonds is 7. The van der Waals surface area contributed by atoms with Crippen molar-refractivity contribution < 1.29 is 0 Å². The van der Waals surface area contributed by atoms with E-state index in [1.54, 1.807) is 6.20 Å². The number of hydrogen-bond acceptors (Lipinski definition) is 4. The van der Waals surface area contributed by atoms with Gasteiger partial charge in [-0.2, -0.15) is 0 Å². The quantitative estimate of drug-likeness (QED) is 0.693. The van der Waals surface area contributed by atoms with E-state index >= 15 is 0 Å². The second-order valence-electron chi connectivity index (χ2n) is 4.35. The van der Waals surface area contributed by atoms with Crippen LogP contribution in [0, 0.1) is 5.92 Å². The predicted molar refractivity (Wildman–Crippen MR) is 67.4 cm³/mol. The van der Waals surface area contributed by atoms with Crippen LogP contribution in [0.2, 0.25) is 0 Å². The average Bonchev–Trinajstić information content (AvgIpc) is 2.25. The Morgan fingerprint density at radius 1 is 1.38 bits per heavy atom. The van der Waals surface area contributed by atoms with Crippen molar-refractivity contribution >= 4 is 5.82 Å². The van der Waals surface area contributed by atoms with Gasteiger partial charge in [0.25, 0.3) is 0 Å². The molecule has 0 fully saturated rings. The van der Waals surface area contributed by atoms with E-state index in [1.807, 2.05) is 13.1 Å². The molecular weight excluding hydrogens is 200 g/mol. The van der Waals surface area contributed by atoms with Gasteiger partial charge < -0.3 is 10.6 Å². The lowest BCUT2D eigenvalue weighted by molar-refractivity contribution is 0.566. The third-order valence-electron chi connectivity index (χ3n) is 2.30. The van der Waals surface area contributed by atoms with Gasteiger partial charge in [-0.1, -0.05) is 13.8 Å². The zero-order valence-electron chi connectivity index (χ0n) is 10.5. The van der Waals surface area contributed by atoms with Crippen LogP contribution < -0.4 is 10.6 Å². The molecule has 4 heteroatoms. The van der Waals surface area contributed by atoms with Crippen molar-refractivity contribution in [1.29, 1.82) is 0 Å². The van der Waals surface area contributed by atoms with Gasteiger partial charge in [0.2, 0.25) is 0 Å². The SMILES string of the molecule is CNCc1nccc(NCCCC(C)C)n1. The first-order chi connectivity index (χ1) is 7.72. The van der Waals surface area contributed by atoms with E-state index in [2.05, 4.69) is 34.4 Å². The highest BCUT2D eigenvalue weighted by Crippen LogP contribution is 2.05. The van der Waals surface area contributed by atoms with Crippen molar-refractivity contribution in [3.63, 3.8) is 0 Å². The molecule has 0 spiro atoms. The lowest BCUT2D eigenvalue weighted by atomic mass is 10.1. The summed E-state index contributed by atoms with van der Waals surface area (Å²) in [4.78, 5) is 8.57. The predicted octanol–water partition coefficient (Wildman–Crippen LogP) is 2.04. The standard InChI is InChI=1S/C12H22N4/c1-10(2)5-4-7-14-11-6-8-15-12(16-11)9-13-3/h6,8,10,13H,4-5,7,9H2,1-3H3,(H,14,15,16). The van der Waals surface area contributed by atoms with Gasteiger partial charge in [-0.3, -0.25) is 0 Å². The summed E-state index contributed by atoms with van der Waals surface area (Å²) in [6, 6.07) is 1.91. The van der Waals surface area contributed by atoms with Gasteiger partial charge in [0, 0.05) is 12.7 Å². The fourth-order valence-electron chi connectivity index (χ4n) is 1.47. The van der Waals surface area contributed by atoms with Gasteiger partial charge in [-0.15, -0.1) is 0 Å². The Labute approximate surface area is 97.9 Å². The van der Waals surface area contributed by atoms with E-state index in [9.17, 15) is 0 Å². The molecule has 0 aliphatic carbocycles. The van der Waals surface area contributed by atoms with Crippen LogP contribution in [-0.4, -0.2) is 23.6 Å². The minimum atomic E-state index is 0.710. The smallest absolute Gasteiger partial charge is 0.144 e. The van der Waals surface area contributed by atoms with Crippen LogP contribution >= 0.6 is 0 Å². The first kappa shape index (κ1) is 12.9. The molecule has 0 unspecified atom stereocenters. The van der Waals surface area contributed by atoms with Gasteiger partial charge >= 0.3 is 0 Å². The summed E-state index contributed by atoms with van der Waals surface area (Å²) in [5.41, 5.74) is 0. The Hall–Kier alpha value is -1.16. The van der Waals surface area contributed by atoms with Gasteiger partial charge in [-0.05, 0) is 31.9 Å². The molecule has 0 aliphatic rings. The Bertz CT molecular complexity index is 299. The van der Waals surface area contributed by atoms with E-state index < -0.39 is 0 Å². The van der Waals surface area contributed by atoms with Gasteiger partial charge in [0.1, 0.15) is 11.6 Å². The van der Waals surface area contributed by atoms with Crippen LogP contribution in [0.4, 0.5) is 5.82 Å². The van der Waals surface area contributed by atoms with Gasteiger partial charge in [-0.25, -0.2) is 9.97 Å². The summed E-state index contributed by atoms with van der Waals surface area (Å²) < 4.78 is 0. The average molecular weight is 222 g/mol. The van der Waals surface area contributed by atoms with Crippen LogP contribution in [0.3, 0.4) is 0 Å². The molecule has 90 valence electrons. The second-order valence-corrected chi connectivity index (χ2v) is 4.35. The van der Waals surface area contributed by atoms with E-state index in [4.69, 9.17) is 0 Å². The third-order valence-corrected chi connectivity index (χ3v) is 2.30. The number of nitrogens with one attached hydrogen (secondary N) is 2. The molecule has 0 aromatic carbocycles. The second kappa shape index (κ2) is 7.17. The van der Waals surface area contributed by atoms with Crippen LogP contribution in [0.1, 0.15) is 32.5 Å². The first-order valence-electron chi connectivity index (χ1n) is 5.92. The molecule has 1 rings (SSSR count). The Balaban J connectivity index is 2.33. The third kappa shape index (κ3) is 5.07. The molecule has 0 saturated carbocycles. The lowest BCUT2D eigenvalue weighted by Crippen LogP contribution is -2.11. The number of nitrogens with zero attached hydrogens (tertiary/aromatic N) is 2. The maximum Gasteiger partial charge on any atom is 0.144 e. The molecule has 16 heavy (non-hydrogen) atoms. The molecule has 0 atom stereocenters. The van der Waals surface area contributed by atoms with E-state index in [0.717, 1.165) is 24.1 Å². The number of aromatic nitrogens is 2. The summed E-state index contributed by atoms with van der Waals surface area (Å²) in [7, 11) is 1.89. The fourth-order valence-corrected chi connectivity index (χ4v) is 1.47. The van der Waals surface area contributed by atoms with E-state index in [0.29, 0.717) is 6.54 Å². The topological polar surface area (TPSA) is 49.8 Å².